The first kappa shape index (κ1) is 30.4. The largest absolute Gasteiger partial charge is 0.478 e. The molecular weight excluding hydrogens is 542 g/mol. The molecule has 2 heterocycles. The number of fused-ring (bicyclic) bond motifs is 1. The zero-order valence-corrected chi connectivity index (χ0v) is 24.2. The van der Waals surface area contributed by atoms with Crippen molar-refractivity contribution in [2.24, 2.45) is 0 Å². The molecule has 2 N–H and O–H groups in total. The van der Waals surface area contributed by atoms with Gasteiger partial charge in [-0.25, -0.2) is 14.4 Å². The molecule has 0 fully saturated rings. The molecule has 0 bridgehead atoms. The molecule has 0 saturated heterocycles. The first-order chi connectivity index (χ1) is 20.1. The number of likely N-dealkylation sites (N-methyl/N-ethyl adjacent to an activating group) is 1. The summed E-state index contributed by atoms with van der Waals surface area (Å²) < 4.78 is 42.7. The number of rotatable bonds is 13. The van der Waals surface area contributed by atoms with Crippen molar-refractivity contribution < 1.29 is 27.5 Å². The average Bonchev–Trinajstić information content (AvgIpc) is 3.40. The first-order valence-electron chi connectivity index (χ1n) is 13.6. The van der Waals surface area contributed by atoms with Crippen LogP contribution in [0.5, 0.6) is 5.75 Å². The first-order valence-corrected chi connectivity index (χ1v) is 13.6. The summed E-state index contributed by atoms with van der Waals surface area (Å²) in [6.45, 7) is 4.16. The number of ether oxygens (including phenoxy) is 2. The van der Waals surface area contributed by atoms with Gasteiger partial charge >= 0.3 is 0 Å². The van der Waals surface area contributed by atoms with Gasteiger partial charge in [-0.1, -0.05) is 12.8 Å². The average molecular weight is 578 g/mol. The van der Waals surface area contributed by atoms with E-state index >= 15 is 0 Å². The molecule has 0 unspecified atom stereocenters. The van der Waals surface area contributed by atoms with Crippen molar-refractivity contribution in [3.63, 3.8) is 0 Å². The number of nitrogens with one attached hydrogen (secondary N) is 2. The minimum absolute atomic E-state index is 0.00705. The molecule has 0 spiro atoms. The fraction of sp³-hybridized carbons (Fsp3) is 0.323. The Morgan fingerprint density at radius 2 is 1.93 bits per heavy atom. The second-order valence-corrected chi connectivity index (χ2v) is 10.6. The molecule has 11 heteroatoms. The molecule has 4 aromatic rings. The van der Waals surface area contributed by atoms with Crippen molar-refractivity contribution in [2.45, 2.75) is 13.3 Å². The highest BCUT2D eigenvalue weighted by molar-refractivity contribution is 5.96. The van der Waals surface area contributed by atoms with E-state index in [2.05, 4.69) is 47.7 Å². The summed E-state index contributed by atoms with van der Waals surface area (Å²) >= 11 is 0. The minimum Gasteiger partial charge on any atom is -0.478 e. The van der Waals surface area contributed by atoms with Crippen LogP contribution in [0.2, 0.25) is 0 Å². The lowest BCUT2D eigenvalue weighted by molar-refractivity contribution is -0.870. The number of carbonyl (C=O) groups excluding carboxylic acids is 1. The Morgan fingerprint density at radius 3 is 2.67 bits per heavy atom. The Balaban J connectivity index is 1.48. The molecule has 1 amide bonds. The summed E-state index contributed by atoms with van der Waals surface area (Å²) in [5.41, 5.74) is 2.88. The predicted octanol–water partition coefficient (Wildman–Crippen LogP) is 4.45. The summed E-state index contributed by atoms with van der Waals surface area (Å²) in [7, 11) is 6.30. The van der Waals surface area contributed by atoms with Gasteiger partial charge in [-0.2, -0.15) is 4.39 Å². The van der Waals surface area contributed by atoms with Crippen LogP contribution >= 0.6 is 0 Å². The van der Waals surface area contributed by atoms with Crippen molar-refractivity contribution in [3.8, 4) is 29.4 Å². The summed E-state index contributed by atoms with van der Waals surface area (Å²) in [5.74, 6) is -0.00805. The summed E-state index contributed by atoms with van der Waals surface area (Å²) in [6, 6.07) is 8.16. The van der Waals surface area contributed by atoms with E-state index in [1.54, 1.807) is 22.7 Å². The molecule has 0 aliphatic carbocycles. The number of carbonyl (C=O) groups is 1. The molecule has 4 rings (SSSR count). The number of imidazole rings is 1. The fourth-order valence-electron chi connectivity index (χ4n) is 4.26. The number of quaternary nitrogens is 1. The van der Waals surface area contributed by atoms with Gasteiger partial charge in [-0.15, -0.1) is 6.42 Å². The molecule has 2 aromatic heterocycles. The smallest absolute Gasteiger partial charge is 0.251 e. The number of nitrogens with zero attached hydrogens (tertiary/aromatic N) is 4. The third-order valence-corrected chi connectivity index (χ3v) is 6.49. The topological polar surface area (TPSA) is 89.8 Å². The molecule has 0 aliphatic rings. The van der Waals surface area contributed by atoms with Gasteiger partial charge in [0.1, 0.15) is 13.2 Å². The third-order valence-electron chi connectivity index (χ3n) is 6.49. The number of anilines is 2. The maximum Gasteiger partial charge on any atom is 0.251 e. The zero-order valence-electron chi connectivity index (χ0n) is 24.2. The molecule has 2 aromatic carbocycles. The van der Waals surface area contributed by atoms with E-state index in [-0.39, 0.29) is 23.8 Å². The summed E-state index contributed by atoms with van der Waals surface area (Å²) in [6.07, 6.45) is 10.4. The van der Waals surface area contributed by atoms with Crippen molar-refractivity contribution >= 4 is 23.1 Å². The zero-order chi connectivity index (χ0) is 30.3. The van der Waals surface area contributed by atoms with Crippen LogP contribution < -0.4 is 15.4 Å². The Labute approximate surface area is 244 Å². The maximum absolute atomic E-state index is 15.0. The predicted molar refractivity (Wildman–Crippen MR) is 158 cm³/mol. The summed E-state index contributed by atoms with van der Waals surface area (Å²) in [5, 5.41) is 6.15. The Bertz CT molecular complexity index is 1610. The van der Waals surface area contributed by atoms with E-state index in [1.165, 1.54) is 24.5 Å². The SMILES string of the molecule is C#CCOc1ccc(-c2cnc3c(Nc4ccc(C(=O)NCCOCC[N+](C)(C)C)c(CC)c4)nccn23)c(F)c1F. The summed E-state index contributed by atoms with van der Waals surface area (Å²) in [4.78, 5) is 21.6. The molecule has 0 saturated carbocycles. The van der Waals surface area contributed by atoms with E-state index in [9.17, 15) is 13.6 Å². The number of halogens is 2. The molecule has 0 atom stereocenters. The van der Waals surface area contributed by atoms with Crippen LogP contribution in [-0.4, -0.2) is 78.8 Å². The number of hydrogen-bond donors (Lipinski definition) is 2. The van der Waals surface area contributed by atoms with Gasteiger partial charge in [0.2, 0.25) is 5.82 Å². The Kier molecular flexibility index (Phi) is 9.72. The molecule has 0 aliphatic heterocycles. The number of amides is 1. The second kappa shape index (κ2) is 13.4. The highest BCUT2D eigenvalue weighted by Gasteiger charge is 2.20. The van der Waals surface area contributed by atoms with Crippen molar-refractivity contribution in [1.29, 1.82) is 0 Å². The monoisotopic (exact) mass is 577 g/mol. The highest BCUT2D eigenvalue weighted by Crippen LogP contribution is 2.32. The normalized spacial score (nSPS) is 11.4. The lowest BCUT2D eigenvalue weighted by atomic mass is 10.0. The van der Waals surface area contributed by atoms with E-state index < -0.39 is 11.6 Å². The van der Waals surface area contributed by atoms with Crippen LogP contribution in [0.1, 0.15) is 22.8 Å². The Hall–Kier alpha value is -4.53. The van der Waals surface area contributed by atoms with E-state index in [4.69, 9.17) is 15.9 Å². The van der Waals surface area contributed by atoms with Gasteiger partial charge < -0.3 is 24.6 Å². The van der Waals surface area contributed by atoms with Crippen LogP contribution in [0.15, 0.2) is 48.9 Å². The number of terminal acetylenes is 1. The highest BCUT2D eigenvalue weighted by atomic mass is 19.2. The van der Waals surface area contributed by atoms with Gasteiger partial charge in [0, 0.05) is 35.8 Å². The van der Waals surface area contributed by atoms with E-state index in [0.29, 0.717) is 54.6 Å². The third kappa shape index (κ3) is 7.21. The van der Waals surface area contributed by atoms with E-state index in [0.717, 1.165) is 16.6 Å². The molecule has 0 radical (unpaired) electrons. The fourth-order valence-corrected chi connectivity index (χ4v) is 4.26. The standard InChI is InChI=1S/C31H34F2N6O3/c1-6-16-42-26-11-10-24(27(32)28(26)33)25-20-36-30-29(34-12-14-38(25)30)37-22-8-9-23(21(7-2)19-22)31(40)35-13-17-41-18-15-39(3,4)5/h1,8-12,14,19-20H,7,13,15-18H2,2-5H3,(H-,34,35,37,40)/p+1. The molecule has 42 heavy (non-hydrogen) atoms. The lowest BCUT2D eigenvalue weighted by Gasteiger charge is -2.23. The van der Waals surface area contributed by atoms with Crippen molar-refractivity contribution in [3.05, 3.63) is 71.7 Å². The number of aromatic nitrogens is 3. The van der Waals surface area contributed by atoms with E-state index in [1.807, 2.05) is 13.0 Å². The number of hydrogen-bond acceptors (Lipinski definition) is 6. The van der Waals surface area contributed by atoms with Crippen LogP contribution in [0, 0.1) is 24.0 Å². The van der Waals surface area contributed by atoms with Gasteiger partial charge in [-0.3, -0.25) is 9.20 Å². The van der Waals surface area contributed by atoms with Gasteiger partial charge in [-0.05, 0) is 42.3 Å². The molecule has 9 nitrogen and oxygen atoms in total. The lowest BCUT2D eigenvalue weighted by Crippen LogP contribution is -2.38. The van der Waals surface area contributed by atoms with Crippen LogP contribution in [0.4, 0.5) is 20.3 Å². The van der Waals surface area contributed by atoms with Gasteiger partial charge in [0.05, 0.1) is 46.2 Å². The number of benzene rings is 2. The van der Waals surface area contributed by atoms with Gasteiger partial charge in [0.15, 0.2) is 23.0 Å². The second-order valence-electron chi connectivity index (χ2n) is 10.6. The van der Waals surface area contributed by atoms with Crippen molar-refractivity contribution in [1.82, 2.24) is 19.7 Å². The Morgan fingerprint density at radius 1 is 1.12 bits per heavy atom. The van der Waals surface area contributed by atoms with Gasteiger partial charge in [0.25, 0.3) is 5.91 Å². The van der Waals surface area contributed by atoms with Crippen molar-refractivity contribution in [2.75, 3.05) is 59.4 Å². The number of aryl methyl sites for hydroxylation is 1. The van der Waals surface area contributed by atoms with Crippen LogP contribution in [0.25, 0.3) is 16.9 Å². The van der Waals surface area contributed by atoms with Crippen LogP contribution in [-0.2, 0) is 11.2 Å². The van der Waals surface area contributed by atoms with Crippen LogP contribution in [0.3, 0.4) is 0 Å². The molecular formula is C31H35F2N6O3+. The molecule has 220 valence electrons. The minimum atomic E-state index is -1.13. The quantitative estimate of drug-likeness (QED) is 0.139. The maximum atomic E-state index is 15.0.